The minimum absolute atomic E-state index is 0.0255. The zero-order chi connectivity index (χ0) is 17.8. The lowest BCUT2D eigenvalue weighted by Gasteiger charge is -2.46. The molecule has 1 aliphatic heterocycles. The summed E-state index contributed by atoms with van der Waals surface area (Å²) in [7, 11) is 0. The number of carbonyl (C=O) groups excluding carboxylic acids is 1. The summed E-state index contributed by atoms with van der Waals surface area (Å²) in [6.07, 6.45) is 3.24. The molecule has 2 aromatic rings. The molecule has 0 unspecified atom stereocenters. The van der Waals surface area contributed by atoms with Crippen LogP contribution < -0.4 is 5.56 Å². The second kappa shape index (κ2) is 5.70. The lowest BCUT2D eigenvalue weighted by Crippen LogP contribution is -2.58. The van der Waals surface area contributed by atoms with E-state index in [-0.39, 0.29) is 29.2 Å². The first-order valence-corrected chi connectivity index (χ1v) is 8.96. The molecule has 5 heteroatoms. The van der Waals surface area contributed by atoms with Crippen LogP contribution >= 0.6 is 0 Å². The molecule has 25 heavy (non-hydrogen) atoms. The number of morpholine rings is 1. The van der Waals surface area contributed by atoms with Crippen molar-refractivity contribution < 1.29 is 9.53 Å². The van der Waals surface area contributed by atoms with Crippen LogP contribution in [-0.2, 0) is 4.74 Å². The predicted octanol–water partition coefficient (Wildman–Crippen LogP) is 3.01. The van der Waals surface area contributed by atoms with E-state index in [1.54, 1.807) is 12.1 Å². The summed E-state index contributed by atoms with van der Waals surface area (Å²) >= 11 is 0. The van der Waals surface area contributed by atoms with Crippen LogP contribution in [0.15, 0.2) is 29.1 Å². The van der Waals surface area contributed by atoms with Crippen LogP contribution in [0.5, 0.6) is 0 Å². The van der Waals surface area contributed by atoms with E-state index in [4.69, 9.17) is 4.74 Å². The van der Waals surface area contributed by atoms with Gasteiger partial charge >= 0.3 is 0 Å². The van der Waals surface area contributed by atoms with Gasteiger partial charge in [-0.3, -0.25) is 9.59 Å². The number of aromatic nitrogens is 1. The summed E-state index contributed by atoms with van der Waals surface area (Å²) in [4.78, 5) is 29.8. The second-order valence-electron chi connectivity index (χ2n) is 7.92. The summed E-state index contributed by atoms with van der Waals surface area (Å²) in [5.74, 6) is 0.0255. The van der Waals surface area contributed by atoms with E-state index in [1.165, 1.54) is 0 Å². The molecule has 132 valence electrons. The van der Waals surface area contributed by atoms with Gasteiger partial charge in [-0.05, 0) is 57.7 Å². The largest absolute Gasteiger partial charge is 0.368 e. The molecule has 0 bridgehead atoms. The van der Waals surface area contributed by atoms with Gasteiger partial charge in [0.25, 0.3) is 5.91 Å². The Morgan fingerprint density at radius 1 is 1.28 bits per heavy atom. The van der Waals surface area contributed by atoms with E-state index in [1.807, 2.05) is 37.8 Å². The third-order valence-corrected chi connectivity index (χ3v) is 5.40. The number of hydrogen-bond acceptors (Lipinski definition) is 3. The molecule has 1 N–H and O–H groups in total. The lowest BCUT2D eigenvalue weighted by molar-refractivity contribution is -0.142. The van der Waals surface area contributed by atoms with E-state index >= 15 is 0 Å². The highest BCUT2D eigenvalue weighted by molar-refractivity contribution is 5.98. The Bertz CT molecular complexity index is 899. The molecule has 4 rings (SSSR count). The zero-order valence-electron chi connectivity index (χ0n) is 15.0. The molecule has 2 heterocycles. The van der Waals surface area contributed by atoms with E-state index in [9.17, 15) is 9.59 Å². The number of amides is 1. The van der Waals surface area contributed by atoms with Crippen molar-refractivity contribution in [1.29, 1.82) is 0 Å². The summed E-state index contributed by atoms with van der Waals surface area (Å²) < 4.78 is 6.17. The Kier molecular flexibility index (Phi) is 3.72. The standard InChI is InChI=1S/C20H24N2O3/c1-12-9-18(23)21-15-10-13(7-8-14(12)15)19(24)22-11-20(2,3)25-17-6-4-5-16(17)22/h7-10,16-17H,4-6,11H2,1-3H3,(H,21,23)/t16-,17-/m1/s1. The fourth-order valence-electron chi connectivity index (χ4n) is 4.33. The molecular formula is C20H24N2O3. The van der Waals surface area contributed by atoms with Crippen LogP contribution in [-0.4, -0.2) is 40.1 Å². The Labute approximate surface area is 147 Å². The van der Waals surface area contributed by atoms with Crippen LogP contribution in [0.3, 0.4) is 0 Å². The van der Waals surface area contributed by atoms with Crippen molar-refractivity contribution in [2.45, 2.75) is 57.8 Å². The van der Waals surface area contributed by atoms with Crippen LogP contribution in [0.25, 0.3) is 10.9 Å². The van der Waals surface area contributed by atoms with Gasteiger partial charge in [0.2, 0.25) is 5.56 Å². The third kappa shape index (κ3) is 2.86. The maximum absolute atomic E-state index is 13.2. The second-order valence-corrected chi connectivity index (χ2v) is 7.92. The van der Waals surface area contributed by atoms with Crippen LogP contribution in [0.2, 0.25) is 0 Å². The zero-order valence-corrected chi connectivity index (χ0v) is 15.0. The molecule has 2 fully saturated rings. The number of carbonyl (C=O) groups is 1. The summed E-state index contributed by atoms with van der Waals surface area (Å²) in [6.45, 7) is 6.59. The molecular weight excluding hydrogens is 316 g/mol. The number of fused-ring (bicyclic) bond motifs is 2. The molecule has 2 atom stereocenters. The maximum Gasteiger partial charge on any atom is 0.254 e. The number of aryl methyl sites for hydroxylation is 1. The number of nitrogens with one attached hydrogen (secondary N) is 1. The molecule has 0 spiro atoms. The monoisotopic (exact) mass is 340 g/mol. The average molecular weight is 340 g/mol. The van der Waals surface area contributed by atoms with Crippen LogP contribution in [0, 0.1) is 6.92 Å². The van der Waals surface area contributed by atoms with Crippen LogP contribution in [0.4, 0.5) is 0 Å². The highest BCUT2D eigenvalue weighted by atomic mass is 16.5. The number of pyridine rings is 1. The van der Waals surface area contributed by atoms with Crippen molar-refractivity contribution in [3.63, 3.8) is 0 Å². The molecule has 2 aliphatic rings. The van der Waals surface area contributed by atoms with E-state index in [0.29, 0.717) is 17.6 Å². The Morgan fingerprint density at radius 2 is 2.08 bits per heavy atom. The predicted molar refractivity (Wildman–Crippen MR) is 96.9 cm³/mol. The number of nitrogens with zero attached hydrogens (tertiary/aromatic N) is 1. The molecule has 5 nitrogen and oxygen atoms in total. The van der Waals surface area contributed by atoms with Crippen molar-refractivity contribution in [2.75, 3.05) is 6.54 Å². The quantitative estimate of drug-likeness (QED) is 0.868. The van der Waals surface area contributed by atoms with Gasteiger partial charge in [-0.25, -0.2) is 0 Å². The average Bonchev–Trinajstić information content (AvgIpc) is 2.99. The minimum atomic E-state index is -0.330. The first-order valence-electron chi connectivity index (χ1n) is 8.96. The summed E-state index contributed by atoms with van der Waals surface area (Å²) in [5, 5.41) is 0.970. The number of aromatic amines is 1. The first-order chi connectivity index (χ1) is 11.8. The number of rotatable bonds is 1. The number of hydrogen-bond donors (Lipinski definition) is 1. The number of ether oxygens (including phenoxy) is 1. The Morgan fingerprint density at radius 3 is 2.88 bits per heavy atom. The van der Waals surface area contributed by atoms with Gasteiger partial charge in [-0.2, -0.15) is 0 Å². The van der Waals surface area contributed by atoms with Crippen molar-refractivity contribution in [3.05, 3.63) is 45.7 Å². The molecule has 1 aliphatic carbocycles. The van der Waals surface area contributed by atoms with Gasteiger partial charge in [0.05, 0.1) is 17.7 Å². The minimum Gasteiger partial charge on any atom is -0.368 e. The molecule has 0 radical (unpaired) electrons. The molecule has 1 amide bonds. The van der Waals surface area contributed by atoms with Crippen LogP contribution in [0.1, 0.15) is 49.0 Å². The molecule has 1 saturated heterocycles. The van der Waals surface area contributed by atoms with Gasteiger partial charge in [0, 0.05) is 29.1 Å². The molecule has 1 aromatic heterocycles. The fraction of sp³-hybridized carbons (Fsp3) is 0.500. The van der Waals surface area contributed by atoms with E-state index in [0.717, 1.165) is 30.2 Å². The number of H-pyrrole nitrogens is 1. The maximum atomic E-state index is 13.2. The van der Waals surface area contributed by atoms with Gasteiger partial charge in [0.1, 0.15) is 0 Å². The van der Waals surface area contributed by atoms with Crippen molar-refractivity contribution >= 4 is 16.8 Å². The lowest BCUT2D eigenvalue weighted by atomic mass is 9.99. The van der Waals surface area contributed by atoms with Crippen molar-refractivity contribution in [1.82, 2.24) is 9.88 Å². The Hall–Kier alpha value is -2.14. The third-order valence-electron chi connectivity index (χ3n) is 5.40. The van der Waals surface area contributed by atoms with Gasteiger partial charge < -0.3 is 14.6 Å². The SMILES string of the molecule is Cc1cc(=O)[nH]c2cc(C(=O)N3CC(C)(C)O[C@@H]4CCC[C@H]43)ccc12. The highest BCUT2D eigenvalue weighted by Crippen LogP contribution is 2.36. The number of benzene rings is 1. The van der Waals surface area contributed by atoms with Crippen molar-refractivity contribution in [2.24, 2.45) is 0 Å². The van der Waals surface area contributed by atoms with Gasteiger partial charge in [0.15, 0.2) is 0 Å². The first kappa shape index (κ1) is 16.3. The normalized spacial score (nSPS) is 25.2. The smallest absolute Gasteiger partial charge is 0.254 e. The summed E-state index contributed by atoms with van der Waals surface area (Å²) in [5.41, 5.74) is 1.78. The van der Waals surface area contributed by atoms with E-state index in [2.05, 4.69) is 4.98 Å². The van der Waals surface area contributed by atoms with Crippen molar-refractivity contribution in [3.8, 4) is 0 Å². The fourth-order valence-corrected chi connectivity index (χ4v) is 4.33. The van der Waals surface area contributed by atoms with Gasteiger partial charge in [-0.15, -0.1) is 0 Å². The molecule has 1 saturated carbocycles. The van der Waals surface area contributed by atoms with Gasteiger partial charge in [-0.1, -0.05) is 6.07 Å². The Balaban J connectivity index is 1.72. The topological polar surface area (TPSA) is 62.4 Å². The summed E-state index contributed by atoms with van der Waals surface area (Å²) in [6, 6.07) is 7.33. The molecule has 1 aromatic carbocycles. The van der Waals surface area contributed by atoms with E-state index < -0.39 is 0 Å². The highest BCUT2D eigenvalue weighted by Gasteiger charge is 2.45.